The molecule has 0 radical (unpaired) electrons. The third kappa shape index (κ3) is 3.64. The van der Waals surface area contributed by atoms with Crippen LogP contribution in [0.2, 0.25) is 0 Å². The van der Waals surface area contributed by atoms with E-state index in [-0.39, 0.29) is 0 Å². The van der Waals surface area contributed by atoms with E-state index in [0.29, 0.717) is 0 Å². The number of rotatable bonds is 1. The zero-order valence-corrected chi connectivity index (χ0v) is 9.98. The summed E-state index contributed by atoms with van der Waals surface area (Å²) in [5.74, 6) is 0. The topological polar surface area (TPSA) is 15.8 Å². The van der Waals surface area contributed by atoms with E-state index in [4.69, 9.17) is 0 Å². The van der Waals surface area contributed by atoms with Crippen molar-refractivity contribution in [3.63, 3.8) is 0 Å². The number of aromatic nitrogens is 1. The molecule has 0 spiro atoms. The predicted molar refractivity (Wildman–Crippen MR) is 64.1 cm³/mol. The highest BCUT2D eigenvalue weighted by molar-refractivity contribution is 9.14. The van der Waals surface area contributed by atoms with Crippen molar-refractivity contribution in [1.82, 2.24) is 4.98 Å². The van der Waals surface area contributed by atoms with Gasteiger partial charge in [0.05, 0.1) is 5.35 Å². The molecule has 0 aliphatic rings. The molecule has 0 saturated carbocycles. The predicted octanol–water partition coefficient (Wildman–Crippen LogP) is 2.53. The first-order chi connectivity index (χ1) is 6.25. The van der Waals surface area contributed by atoms with Crippen LogP contribution in [0.1, 0.15) is 20.8 Å². The minimum atomic E-state index is 1.11. The summed E-state index contributed by atoms with van der Waals surface area (Å²) in [5.41, 5.74) is 0. The Hall–Kier alpha value is -0.760. The third-order valence-electron chi connectivity index (χ3n) is 1.42. The molecule has 0 aromatic carbocycles. The van der Waals surface area contributed by atoms with Gasteiger partial charge in [-0.15, -0.1) is 0 Å². The Morgan fingerprint density at radius 1 is 1.54 bits per heavy atom. The van der Waals surface area contributed by atoms with Gasteiger partial charge in [-0.2, -0.15) is 0 Å². The van der Waals surface area contributed by atoms with Crippen molar-refractivity contribution in [2.24, 2.45) is 0 Å². The second-order valence-corrected chi connectivity index (χ2v) is 3.43. The van der Waals surface area contributed by atoms with Crippen molar-refractivity contribution in [3.05, 3.63) is 35.5 Å². The van der Waals surface area contributed by atoms with Crippen molar-refractivity contribution in [2.45, 2.75) is 20.8 Å². The molecule has 0 aliphatic carbocycles. The molecular weight excluding hydrogens is 226 g/mol. The van der Waals surface area contributed by atoms with Crippen LogP contribution in [0.4, 0.5) is 0 Å². The van der Waals surface area contributed by atoms with Gasteiger partial charge in [-0.05, 0) is 13.0 Å². The summed E-state index contributed by atoms with van der Waals surface area (Å²) in [7, 11) is 0. The molecule has 1 aromatic heterocycles. The Morgan fingerprint density at radius 2 is 2.15 bits per heavy atom. The number of hydrogen-bond donors (Lipinski definition) is 1. The Bertz CT molecular complexity index is 356. The molecule has 13 heavy (non-hydrogen) atoms. The number of nitrogens with one attached hydrogen (secondary N) is 1. The lowest BCUT2D eigenvalue weighted by Gasteiger charge is -1.82. The van der Waals surface area contributed by atoms with Gasteiger partial charge in [-0.3, -0.25) is 0 Å². The molecule has 2 heteroatoms. The lowest BCUT2D eigenvalue weighted by Crippen LogP contribution is -2.22. The second-order valence-electron chi connectivity index (χ2n) is 2.24. The fourth-order valence-corrected chi connectivity index (χ4v) is 1.29. The van der Waals surface area contributed by atoms with Crippen molar-refractivity contribution in [2.75, 3.05) is 0 Å². The van der Waals surface area contributed by atoms with Gasteiger partial charge in [0, 0.05) is 15.9 Å². The molecule has 0 unspecified atom stereocenters. The minimum Gasteiger partial charge on any atom is -0.361 e. The average Bonchev–Trinajstić information content (AvgIpc) is 2.57. The van der Waals surface area contributed by atoms with E-state index in [1.807, 2.05) is 39.1 Å². The molecular formula is C11H16BrN. The maximum Gasteiger partial charge on any atom is 0.0553 e. The summed E-state index contributed by atoms with van der Waals surface area (Å²) >= 11 is 3.41. The summed E-state index contributed by atoms with van der Waals surface area (Å²) in [6.07, 6.45) is 5.66. The number of H-pyrrole nitrogens is 1. The Morgan fingerprint density at radius 3 is 2.62 bits per heavy atom. The van der Waals surface area contributed by atoms with Crippen LogP contribution in [0.15, 0.2) is 24.9 Å². The van der Waals surface area contributed by atoms with Gasteiger partial charge in [0.1, 0.15) is 0 Å². The smallest absolute Gasteiger partial charge is 0.0553 e. The van der Waals surface area contributed by atoms with E-state index in [1.165, 1.54) is 0 Å². The highest BCUT2D eigenvalue weighted by Crippen LogP contribution is 1.97. The largest absolute Gasteiger partial charge is 0.361 e. The number of aromatic amines is 1. The summed E-state index contributed by atoms with van der Waals surface area (Å²) < 4.78 is 1.11. The lowest BCUT2D eigenvalue weighted by molar-refractivity contribution is 1.31. The molecule has 1 heterocycles. The van der Waals surface area contributed by atoms with Gasteiger partial charge in [0.2, 0.25) is 0 Å². The third-order valence-corrected chi connectivity index (χ3v) is 1.82. The van der Waals surface area contributed by atoms with Crippen molar-refractivity contribution in [1.29, 1.82) is 0 Å². The van der Waals surface area contributed by atoms with Crippen LogP contribution >= 0.6 is 15.9 Å². The number of allylic oxidation sites excluding steroid dienone is 1. The normalized spacial score (nSPS) is 13.1. The zero-order valence-electron chi connectivity index (χ0n) is 8.39. The quantitative estimate of drug-likeness (QED) is 0.778. The van der Waals surface area contributed by atoms with Crippen LogP contribution < -0.4 is 10.6 Å². The highest BCUT2D eigenvalue weighted by Gasteiger charge is 1.87. The summed E-state index contributed by atoms with van der Waals surface area (Å²) in [4.78, 5) is 3.13. The Kier molecular flexibility index (Phi) is 6.33. The van der Waals surface area contributed by atoms with Crippen LogP contribution in [0.25, 0.3) is 10.6 Å². The highest BCUT2D eigenvalue weighted by atomic mass is 79.9. The maximum atomic E-state index is 3.64. The first-order valence-electron chi connectivity index (χ1n) is 4.38. The number of halogens is 1. The molecule has 1 rings (SSSR count). The molecule has 0 fully saturated rings. The molecule has 0 saturated heterocycles. The maximum absolute atomic E-state index is 3.64. The molecule has 72 valence electrons. The van der Waals surface area contributed by atoms with Crippen LogP contribution in [0, 0.1) is 0 Å². The van der Waals surface area contributed by atoms with Gasteiger partial charge in [-0.1, -0.05) is 48.5 Å². The Balaban J connectivity index is 0.000000671. The second kappa shape index (κ2) is 6.72. The van der Waals surface area contributed by atoms with Crippen molar-refractivity contribution >= 4 is 26.5 Å². The molecule has 0 aliphatic heterocycles. The molecule has 1 aromatic rings. The van der Waals surface area contributed by atoms with Gasteiger partial charge in [0.15, 0.2) is 0 Å². The van der Waals surface area contributed by atoms with E-state index in [2.05, 4.69) is 27.5 Å². The fraction of sp³-hybridized carbons (Fsp3) is 0.273. The van der Waals surface area contributed by atoms with E-state index in [9.17, 15) is 0 Å². The van der Waals surface area contributed by atoms with Gasteiger partial charge < -0.3 is 4.98 Å². The molecule has 1 nitrogen and oxygen atoms in total. The van der Waals surface area contributed by atoms with Gasteiger partial charge >= 0.3 is 0 Å². The fourth-order valence-electron chi connectivity index (χ4n) is 0.946. The van der Waals surface area contributed by atoms with Crippen LogP contribution in [-0.4, -0.2) is 4.98 Å². The first-order valence-corrected chi connectivity index (χ1v) is 5.17. The summed E-state index contributed by atoms with van der Waals surface area (Å²) in [6.45, 7) is 9.65. The molecule has 0 atom stereocenters. The van der Waals surface area contributed by atoms with Gasteiger partial charge in [0.25, 0.3) is 0 Å². The van der Waals surface area contributed by atoms with E-state index >= 15 is 0 Å². The first kappa shape index (κ1) is 12.2. The molecule has 1 N–H and O–H groups in total. The van der Waals surface area contributed by atoms with Gasteiger partial charge in [-0.25, -0.2) is 0 Å². The molecule has 0 amide bonds. The van der Waals surface area contributed by atoms with Crippen LogP contribution in [-0.2, 0) is 0 Å². The van der Waals surface area contributed by atoms with Crippen LogP contribution in [0.3, 0.4) is 0 Å². The molecule has 0 bridgehead atoms. The van der Waals surface area contributed by atoms with E-state index < -0.39 is 0 Å². The van der Waals surface area contributed by atoms with Crippen LogP contribution in [0.5, 0.6) is 0 Å². The minimum absolute atomic E-state index is 1.11. The van der Waals surface area contributed by atoms with Crippen molar-refractivity contribution in [3.8, 4) is 0 Å². The van der Waals surface area contributed by atoms with Crippen molar-refractivity contribution < 1.29 is 0 Å². The van der Waals surface area contributed by atoms with E-state index in [0.717, 1.165) is 15.1 Å². The monoisotopic (exact) mass is 241 g/mol. The SMILES string of the molecule is C=C/C=c1/cc[nH]/c1=C(/C)Br.CC. The van der Waals surface area contributed by atoms with E-state index in [1.54, 1.807) is 6.08 Å². The Labute approximate surface area is 88.0 Å². The lowest BCUT2D eigenvalue weighted by atomic mass is 10.3. The average molecular weight is 242 g/mol. The number of hydrogen-bond acceptors (Lipinski definition) is 0. The standard InChI is InChI=1S/C9H10BrN.C2H6/c1-3-4-8-5-6-11-9(8)7(2)10;1-2/h3-6,11H,1H2,2H3;1-2H3/b8-4-,9-7-;. The summed E-state index contributed by atoms with van der Waals surface area (Å²) in [5, 5.41) is 2.28. The zero-order chi connectivity index (χ0) is 10.3. The summed E-state index contributed by atoms with van der Waals surface area (Å²) in [6, 6.07) is 2.02.